The smallest absolute Gasteiger partial charge is 0.260 e. The molecule has 1 N–H and O–H groups in total. The van der Waals surface area contributed by atoms with Crippen molar-refractivity contribution in [3.8, 4) is 5.75 Å². The van der Waals surface area contributed by atoms with Crippen LogP contribution in [0.5, 0.6) is 5.75 Å². The van der Waals surface area contributed by atoms with Gasteiger partial charge < -0.3 is 19.5 Å². The molecule has 0 bridgehead atoms. The first kappa shape index (κ1) is 18.1. The van der Waals surface area contributed by atoms with Crippen LogP contribution in [-0.4, -0.2) is 42.1 Å². The lowest BCUT2D eigenvalue weighted by Gasteiger charge is -2.17. The molecular formula is C15H15Cl2N3O4. The molecule has 7 nitrogen and oxygen atoms in total. The highest BCUT2D eigenvalue weighted by atomic mass is 35.5. The fraction of sp³-hybridized carbons (Fsp3) is 0.267. The Balaban J connectivity index is 1.83. The number of nitrogens with zero attached hydrogens (tertiary/aromatic N) is 2. The van der Waals surface area contributed by atoms with Gasteiger partial charge in [-0.3, -0.25) is 9.59 Å². The summed E-state index contributed by atoms with van der Waals surface area (Å²) in [6.45, 7) is 1.28. The molecule has 2 rings (SSSR count). The Hall–Kier alpha value is -2.25. The summed E-state index contributed by atoms with van der Waals surface area (Å²) in [6.07, 6.45) is 0. The molecular weight excluding hydrogens is 357 g/mol. The van der Waals surface area contributed by atoms with E-state index in [9.17, 15) is 9.59 Å². The molecule has 0 aliphatic rings. The maximum atomic E-state index is 12.0. The molecule has 1 aromatic carbocycles. The van der Waals surface area contributed by atoms with Gasteiger partial charge >= 0.3 is 0 Å². The molecule has 0 unspecified atom stereocenters. The van der Waals surface area contributed by atoms with Gasteiger partial charge in [0.1, 0.15) is 11.5 Å². The van der Waals surface area contributed by atoms with Crippen LogP contribution < -0.4 is 10.1 Å². The van der Waals surface area contributed by atoms with Gasteiger partial charge in [0.25, 0.3) is 5.91 Å². The Morgan fingerprint density at radius 2 is 2.08 bits per heavy atom. The third-order valence-corrected chi connectivity index (χ3v) is 3.49. The van der Waals surface area contributed by atoms with Gasteiger partial charge in [-0.05, 0) is 19.1 Å². The molecule has 24 heavy (non-hydrogen) atoms. The normalized spacial score (nSPS) is 10.3. The molecule has 0 saturated carbocycles. The van der Waals surface area contributed by atoms with Crippen molar-refractivity contribution in [3.63, 3.8) is 0 Å². The number of aromatic nitrogens is 1. The van der Waals surface area contributed by atoms with Crippen LogP contribution >= 0.6 is 23.2 Å². The molecule has 0 radical (unpaired) electrons. The minimum atomic E-state index is -0.403. The summed E-state index contributed by atoms with van der Waals surface area (Å²) in [4.78, 5) is 25.1. The molecule has 0 spiro atoms. The number of anilines is 1. The summed E-state index contributed by atoms with van der Waals surface area (Å²) < 4.78 is 10.2. The molecule has 0 saturated heterocycles. The van der Waals surface area contributed by atoms with Crippen LogP contribution in [0.2, 0.25) is 10.0 Å². The van der Waals surface area contributed by atoms with Crippen LogP contribution in [0.3, 0.4) is 0 Å². The van der Waals surface area contributed by atoms with Gasteiger partial charge in [0.15, 0.2) is 12.4 Å². The number of amides is 2. The van der Waals surface area contributed by atoms with Gasteiger partial charge in [-0.15, -0.1) is 0 Å². The largest absolute Gasteiger partial charge is 0.482 e. The zero-order valence-corrected chi connectivity index (χ0v) is 14.5. The fourth-order valence-corrected chi connectivity index (χ4v) is 2.08. The van der Waals surface area contributed by atoms with E-state index >= 15 is 0 Å². The summed E-state index contributed by atoms with van der Waals surface area (Å²) in [6, 6.07) is 6.27. The number of benzene rings is 1. The fourth-order valence-electron chi connectivity index (χ4n) is 1.75. The Morgan fingerprint density at radius 3 is 2.75 bits per heavy atom. The molecule has 0 atom stereocenters. The highest BCUT2D eigenvalue weighted by Crippen LogP contribution is 2.27. The summed E-state index contributed by atoms with van der Waals surface area (Å²) >= 11 is 11.8. The highest BCUT2D eigenvalue weighted by molar-refractivity contribution is 6.34. The first-order valence-electron chi connectivity index (χ1n) is 6.90. The van der Waals surface area contributed by atoms with Crippen molar-refractivity contribution in [2.45, 2.75) is 6.92 Å². The van der Waals surface area contributed by atoms with Crippen LogP contribution in [0.1, 0.15) is 5.76 Å². The number of aryl methyl sites for hydroxylation is 1. The Labute approximate surface area is 148 Å². The zero-order chi connectivity index (χ0) is 17.7. The van der Waals surface area contributed by atoms with Gasteiger partial charge in [0.2, 0.25) is 5.91 Å². The van der Waals surface area contributed by atoms with Crippen molar-refractivity contribution >= 4 is 40.8 Å². The second kappa shape index (κ2) is 8.03. The van der Waals surface area contributed by atoms with Gasteiger partial charge in [-0.1, -0.05) is 28.4 Å². The number of ether oxygens (including phenoxy) is 1. The van der Waals surface area contributed by atoms with Crippen molar-refractivity contribution in [2.24, 2.45) is 0 Å². The van der Waals surface area contributed by atoms with E-state index in [2.05, 4.69) is 10.5 Å². The van der Waals surface area contributed by atoms with Crippen molar-refractivity contribution in [3.05, 3.63) is 40.1 Å². The topological polar surface area (TPSA) is 84.7 Å². The van der Waals surface area contributed by atoms with Gasteiger partial charge in [-0.2, -0.15) is 0 Å². The maximum Gasteiger partial charge on any atom is 0.260 e. The lowest BCUT2D eigenvalue weighted by molar-refractivity contribution is -0.135. The quantitative estimate of drug-likeness (QED) is 0.843. The van der Waals surface area contributed by atoms with E-state index in [1.807, 2.05) is 0 Å². The molecule has 0 aliphatic heterocycles. The Bertz CT molecular complexity index is 748. The van der Waals surface area contributed by atoms with Crippen molar-refractivity contribution in [1.29, 1.82) is 0 Å². The van der Waals surface area contributed by atoms with E-state index in [-0.39, 0.29) is 13.2 Å². The number of carbonyl (C=O) groups is 2. The van der Waals surface area contributed by atoms with Crippen LogP contribution in [0.15, 0.2) is 28.8 Å². The van der Waals surface area contributed by atoms with E-state index in [0.717, 1.165) is 0 Å². The monoisotopic (exact) mass is 371 g/mol. The summed E-state index contributed by atoms with van der Waals surface area (Å²) in [5.74, 6) is 0.368. The minimum absolute atomic E-state index is 0.155. The van der Waals surface area contributed by atoms with Crippen LogP contribution in [-0.2, 0) is 9.59 Å². The SMILES string of the molecule is Cc1cc(NC(=O)CN(C)C(=O)COc2cc(Cl)ccc2Cl)no1. The number of halogens is 2. The number of carbonyl (C=O) groups excluding carboxylic acids is 2. The first-order valence-corrected chi connectivity index (χ1v) is 7.65. The van der Waals surface area contributed by atoms with Gasteiger partial charge in [0.05, 0.1) is 11.6 Å². The molecule has 0 fully saturated rings. The van der Waals surface area contributed by atoms with E-state index in [1.54, 1.807) is 25.1 Å². The van der Waals surface area contributed by atoms with Crippen molar-refractivity contribution in [1.82, 2.24) is 10.1 Å². The average Bonchev–Trinajstić information content (AvgIpc) is 2.92. The lowest BCUT2D eigenvalue weighted by atomic mass is 10.3. The molecule has 0 aliphatic carbocycles. The number of hydrogen-bond donors (Lipinski definition) is 1. The molecule has 1 heterocycles. The third kappa shape index (κ3) is 5.14. The van der Waals surface area contributed by atoms with E-state index < -0.39 is 11.8 Å². The van der Waals surface area contributed by atoms with Gasteiger partial charge in [0, 0.05) is 24.2 Å². The van der Waals surface area contributed by atoms with E-state index in [4.69, 9.17) is 32.5 Å². The Kier molecular flexibility index (Phi) is 6.05. The summed E-state index contributed by atoms with van der Waals surface area (Å²) in [5.41, 5.74) is 0. The van der Waals surface area contributed by atoms with Crippen LogP contribution in [0, 0.1) is 6.92 Å². The molecule has 2 aromatic rings. The molecule has 1 aromatic heterocycles. The lowest BCUT2D eigenvalue weighted by Crippen LogP contribution is -2.37. The number of likely N-dealkylation sites (N-methyl/N-ethyl adjacent to an activating group) is 1. The predicted octanol–water partition coefficient (Wildman–Crippen LogP) is 2.77. The van der Waals surface area contributed by atoms with Gasteiger partial charge in [-0.25, -0.2) is 0 Å². The second-order valence-corrected chi connectivity index (χ2v) is 5.83. The van der Waals surface area contributed by atoms with Crippen LogP contribution in [0.4, 0.5) is 5.82 Å². The van der Waals surface area contributed by atoms with Crippen molar-refractivity contribution in [2.75, 3.05) is 25.5 Å². The predicted molar refractivity (Wildman–Crippen MR) is 89.5 cm³/mol. The van der Waals surface area contributed by atoms with Crippen LogP contribution in [0.25, 0.3) is 0 Å². The molecule has 128 valence electrons. The standard InChI is InChI=1S/C15H15Cl2N3O4/c1-9-5-13(19-24-9)18-14(21)7-20(2)15(22)8-23-12-6-10(16)3-4-11(12)17/h3-6H,7-8H2,1-2H3,(H,18,19,21). The Morgan fingerprint density at radius 1 is 1.33 bits per heavy atom. The zero-order valence-electron chi connectivity index (χ0n) is 13.0. The number of nitrogens with one attached hydrogen (secondary N) is 1. The number of rotatable bonds is 6. The summed E-state index contributed by atoms with van der Waals surface area (Å²) in [5, 5.41) is 6.95. The maximum absolute atomic E-state index is 12.0. The second-order valence-electron chi connectivity index (χ2n) is 4.98. The third-order valence-electron chi connectivity index (χ3n) is 2.95. The minimum Gasteiger partial charge on any atom is -0.482 e. The van der Waals surface area contributed by atoms with Crippen molar-refractivity contribution < 1.29 is 18.8 Å². The number of hydrogen-bond acceptors (Lipinski definition) is 5. The highest BCUT2D eigenvalue weighted by Gasteiger charge is 2.15. The molecule has 9 heteroatoms. The summed E-state index contributed by atoms with van der Waals surface area (Å²) in [7, 11) is 1.49. The first-order chi connectivity index (χ1) is 11.3. The molecule has 2 amide bonds. The van der Waals surface area contributed by atoms with E-state index in [0.29, 0.717) is 27.4 Å². The van der Waals surface area contributed by atoms with E-state index in [1.165, 1.54) is 18.0 Å². The average molecular weight is 372 g/mol.